The highest BCUT2D eigenvalue weighted by molar-refractivity contribution is 5.96. The molecule has 1 aromatic carbocycles. The zero-order valence-electron chi connectivity index (χ0n) is 12.4. The van der Waals surface area contributed by atoms with Gasteiger partial charge in [-0.3, -0.25) is 0 Å². The molecule has 2 rings (SSSR count). The molecule has 1 fully saturated rings. The molecule has 1 aliphatic heterocycles. The molecule has 0 radical (unpaired) electrons. The lowest BCUT2D eigenvalue weighted by Gasteiger charge is -2.30. The maximum Gasteiger partial charge on any atom is 0.416 e. The third-order valence-corrected chi connectivity index (χ3v) is 3.73. The van der Waals surface area contributed by atoms with Gasteiger partial charge in [-0.25, -0.2) is 4.79 Å². The van der Waals surface area contributed by atoms with Crippen molar-refractivity contribution >= 4 is 11.7 Å². The lowest BCUT2D eigenvalue weighted by Crippen LogP contribution is -2.36. The molecule has 7 heteroatoms. The van der Waals surface area contributed by atoms with Gasteiger partial charge >= 0.3 is 12.1 Å². The van der Waals surface area contributed by atoms with Gasteiger partial charge in [0.1, 0.15) is 0 Å². The van der Waals surface area contributed by atoms with Gasteiger partial charge in [0.25, 0.3) is 0 Å². The summed E-state index contributed by atoms with van der Waals surface area (Å²) in [6, 6.07) is 3.21. The predicted molar refractivity (Wildman–Crippen MR) is 75.0 cm³/mol. The Balaban J connectivity index is 2.46. The van der Waals surface area contributed by atoms with E-state index < -0.39 is 17.7 Å². The molecule has 122 valence electrons. The highest BCUT2D eigenvalue weighted by Gasteiger charge is 2.33. The number of methoxy groups -OCH3 is 1. The zero-order chi connectivity index (χ0) is 16.3. The Morgan fingerprint density at radius 1 is 1.45 bits per heavy atom. The fourth-order valence-electron chi connectivity index (χ4n) is 2.63. The molecule has 0 aromatic heterocycles. The van der Waals surface area contributed by atoms with Gasteiger partial charge in [-0.2, -0.15) is 13.2 Å². The number of alkyl halides is 3. The van der Waals surface area contributed by atoms with Crippen LogP contribution in [0.5, 0.6) is 0 Å². The lowest BCUT2D eigenvalue weighted by atomic mass is 10.0. The van der Waals surface area contributed by atoms with Gasteiger partial charge < -0.3 is 14.4 Å². The van der Waals surface area contributed by atoms with E-state index in [9.17, 15) is 18.0 Å². The van der Waals surface area contributed by atoms with E-state index in [0.29, 0.717) is 25.4 Å². The Hall–Kier alpha value is -1.76. The third kappa shape index (κ3) is 3.35. The summed E-state index contributed by atoms with van der Waals surface area (Å²) in [5, 5.41) is 0. The molecule has 0 saturated carbocycles. The van der Waals surface area contributed by atoms with E-state index in [2.05, 4.69) is 4.74 Å². The highest BCUT2D eigenvalue weighted by Crippen LogP contribution is 2.34. The number of carbonyl (C=O) groups excluding carboxylic acids is 1. The molecule has 1 aromatic rings. The van der Waals surface area contributed by atoms with Crippen molar-refractivity contribution in [1.82, 2.24) is 0 Å². The van der Waals surface area contributed by atoms with Crippen molar-refractivity contribution in [3.8, 4) is 0 Å². The van der Waals surface area contributed by atoms with Gasteiger partial charge in [0.15, 0.2) is 0 Å². The quantitative estimate of drug-likeness (QED) is 0.800. The second kappa shape index (κ2) is 6.56. The number of nitrogens with zero attached hydrogens (tertiary/aromatic N) is 1. The summed E-state index contributed by atoms with van der Waals surface area (Å²) >= 11 is 0. The summed E-state index contributed by atoms with van der Waals surface area (Å²) in [6.45, 7) is 3.55. The molecule has 0 spiro atoms. The fraction of sp³-hybridized carbons (Fsp3) is 0.533. The second-order valence-corrected chi connectivity index (χ2v) is 5.02. The van der Waals surface area contributed by atoms with Crippen LogP contribution in [0.3, 0.4) is 0 Å². The average Bonchev–Trinajstić information content (AvgIpc) is 3.00. The summed E-state index contributed by atoms with van der Waals surface area (Å²) in [5.74, 6) is -0.779. The topological polar surface area (TPSA) is 38.8 Å². The van der Waals surface area contributed by atoms with Crippen molar-refractivity contribution in [3.05, 3.63) is 29.3 Å². The normalized spacial score (nSPS) is 18.3. The number of esters is 1. The molecule has 1 atom stereocenters. The first-order valence-corrected chi connectivity index (χ1v) is 7.02. The van der Waals surface area contributed by atoms with Crippen molar-refractivity contribution < 1.29 is 27.4 Å². The van der Waals surface area contributed by atoms with Crippen molar-refractivity contribution in [3.63, 3.8) is 0 Å². The molecule has 0 bridgehead atoms. The van der Waals surface area contributed by atoms with Crippen LogP contribution < -0.4 is 4.90 Å². The van der Waals surface area contributed by atoms with E-state index in [1.54, 1.807) is 0 Å². The first-order valence-electron chi connectivity index (χ1n) is 7.02. The maximum atomic E-state index is 12.9. The number of benzene rings is 1. The van der Waals surface area contributed by atoms with Crippen molar-refractivity contribution in [2.24, 2.45) is 0 Å². The summed E-state index contributed by atoms with van der Waals surface area (Å²) in [4.78, 5) is 13.8. The van der Waals surface area contributed by atoms with E-state index in [1.165, 1.54) is 6.07 Å². The molecule has 0 aliphatic carbocycles. The second-order valence-electron chi connectivity index (χ2n) is 5.02. The molecule has 22 heavy (non-hydrogen) atoms. The standard InChI is InChI=1S/C15H18F3NO3/c1-3-19(11-6-7-22-9-11)13-5-4-10(15(16,17)18)8-12(13)14(20)21-2/h4-5,8,11H,3,6-7,9H2,1-2H3. The van der Waals surface area contributed by atoms with Crippen LogP contribution in [0.15, 0.2) is 18.2 Å². The van der Waals surface area contributed by atoms with Crippen LogP contribution >= 0.6 is 0 Å². The minimum absolute atomic E-state index is 0.0464. The summed E-state index contributed by atoms with van der Waals surface area (Å²) in [5.41, 5.74) is -0.501. The number of likely N-dealkylation sites (N-methyl/N-ethyl adjacent to an activating group) is 1. The SMILES string of the molecule is CCN(c1ccc(C(F)(F)F)cc1C(=O)OC)C1CCOC1. The van der Waals surface area contributed by atoms with Crippen LogP contribution in [-0.4, -0.2) is 38.9 Å². The molecule has 0 N–H and O–H groups in total. The van der Waals surface area contributed by atoms with E-state index in [0.717, 1.165) is 25.7 Å². The Bertz CT molecular complexity index is 539. The van der Waals surface area contributed by atoms with E-state index >= 15 is 0 Å². The number of ether oxygens (including phenoxy) is 2. The van der Waals surface area contributed by atoms with Crippen LogP contribution in [0.2, 0.25) is 0 Å². The van der Waals surface area contributed by atoms with Gasteiger partial charge in [0, 0.05) is 13.2 Å². The van der Waals surface area contributed by atoms with Crippen molar-refractivity contribution in [2.75, 3.05) is 31.8 Å². The molecule has 1 heterocycles. The molecule has 4 nitrogen and oxygen atoms in total. The highest BCUT2D eigenvalue weighted by atomic mass is 19.4. The number of anilines is 1. The molecular weight excluding hydrogens is 299 g/mol. The average molecular weight is 317 g/mol. The first-order chi connectivity index (χ1) is 10.4. The van der Waals surface area contributed by atoms with Crippen LogP contribution in [-0.2, 0) is 15.7 Å². The third-order valence-electron chi connectivity index (χ3n) is 3.73. The molecule has 1 aliphatic rings. The van der Waals surface area contributed by atoms with Gasteiger partial charge in [-0.05, 0) is 31.5 Å². The molecular formula is C15H18F3NO3. The van der Waals surface area contributed by atoms with Gasteiger partial charge in [0.05, 0.1) is 36.6 Å². The van der Waals surface area contributed by atoms with Crippen LogP contribution in [0.4, 0.5) is 18.9 Å². The van der Waals surface area contributed by atoms with E-state index in [1.807, 2.05) is 11.8 Å². The minimum Gasteiger partial charge on any atom is -0.465 e. The van der Waals surface area contributed by atoms with E-state index in [4.69, 9.17) is 4.74 Å². The van der Waals surface area contributed by atoms with Crippen LogP contribution in [0.25, 0.3) is 0 Å². The number of carbonyl (C=O) groups is 1. The Morgan fingerprint density at radius 3 is 2.68 bits per heavy atom. The molecule has 0 amide bonds. The Kier molecular flexibility index (Phi) is 4.95. The Labute approximate surface area is 126 Å². The van der Waals surface area contributed by atoms with E-state index in [-0.39, 0.29) is 11.6 Å². The summed E-state index contributed by atoms with van der Waals surface area (Å²) in [6.07, 6.45) is -3.73. The maximum absolute atomic E-state index is 12.9. The summed E-state index contributed by atoms with van der Waals surface area (Å²) in [7, 11) is 1.15. The zero-order valence-corrected chi connectivity index (χ0v) is 12.4. The number of hydrogen-bond acceptors (Lipinski definition) is 4. The van der Waals surface area contributed by atoms with Crippen LogP contribution in [0, 0.1) is 0 Å². The monoisotopic (exact) mass is 317 g/mol. The lowest BCUT2D eigenvalue weighted by molar-refractivity contribution is -0.137. The molecule has 1 unspecified atom stereocenters. The van der Waals surface area contributed by atoms with Gasteiger partial charge in [-0.15, -0.1) is 0 Å². The molecule has 1 saturated heterocycles. The van der Waals surface area contributed by atoms with Gasteiger partial charge in [-0.1, -0.05) is 0 Å². The minimum atomic E-state index is -4.51. The first kappa shape index (κ1) is 16.6. The number of rotatable bonds is 4. The largest absolute Gasteiger partial charge is 0.465 e. The smallest absolute Gasteiger partial charge is 0.416 e. The van der Waals surface area contributed by atoms with Crippen LogP contribution in [0.1, 0.15) is 29.3 Å². The predicted octanol–water partition coefficient (Wildman–Crippen LogP) is 3.11. The summed E-state index contributed by atoms with van der Waals surface area (Å²) < 4.78 is 48.6. The van der Waals surface area contributed by atoms with Crippen molar-refractivity contribution in [1.29, 1.82) is 0 Å². The number of hydrogen-bond donors (Lipinski definition) is 0. The Morgan fingerprint density at radius 2 is 2.18 bits per heavy atom. The fourth-order valence-corrected chi connectivity index (χ4v) is 2.63. The van der Waals surface area contributed by atoms with Gasteiger partial charge in [0.2, 0.25) is 0 Å². The van der Waals surface area contributed by atoms with Crippen molar-refractivity contribution in [2.45, 2.75) is 25.6 Å². The number of halogens is 3.